The number of ether oxygens (including phenoxy) is 1. The third kappa shape index (κ3) is 3.85. The van der Waals surface area contributed by atoms with Crippen molar-refractivity contribution in [3.8, 4) is 22.5 Å². The Bertz CT molecular complexity index is 1400. The SMILES string of the molecule is CCOC(=O)[C@@H]1C2C=CC(C2)[C@@H]1Nc1nc(-c2cccnc2)nc2cccc(-c3ccccc3)c12. The molecule has 4 aromatic rings. The Kier molecular flexibility index (Phi) is 5.49. The van der Waals surface area contributed by atoms with Gasteiger partial charge in [0.15, 0.2) is 5.82 Å². The smallest absolute Gasteiger partial charge is 0.311 e. The first kappa shape index (κ1) is 21.5. The molecule has 1 saturated carbocycles. The number of fused-ring (bicyclic) bond motifs is 3. The van der Waals surface area contributed by atoms with Crippen LogP contribution < -0.4 is 5.32 Å². The molecule has 4 atom stereocenters. The summed E-state index contributed by atoms with van der Waals surface area (Å²) >= 11 is 0. The fraction of sp³-hybridized carbons (Fsp3) is 0.241. The molecule has 1 N–H and O–H groups in total. The molecule has 2 bridgehead atoms. The lowest BCUT2D eigenvalue weighted by Gasteiger charge is -2.28. The van der Waals surface area contributed by atoms with E-state index in [1.807, 2.05) is 49.4 Å². The van der Waals surface area contributed by atoms with Crippen molar-refractivity contribution in [3.05, 3.63) is 85.2 Å². The summed E-state index contributed by atoms with van der Waals surface area (Å²) < 4.78 is 5.47. The third-order valence-corrected chi connectivity index (χ3v) is 7.05. The lowest BCUT2D eigenvalue weighted by atomic mass is 9.88. The Hall–Kier alpha value is -4.06. The predicted octanol–water partition coefficient (Wildman–Crippen LogP) is 5.52. The molecule has 2 heterocycles. The number of hydrogen-bond donors (Lipinski definition) is 1. The number of carbonyl (C=O) groups excluding carboxylic acids is 1. The molecule has 6 nitrogen and oxygen atoms in total. The van der Waals surface area contributed by atoms with E-state index in [-0.39, 0.29) is 29.8 Å². The van der Waals surface area contributed by atoms with Crippen LogP contribution >= 0.6 is 0 Å². The van der Waals surface area contributed by atoms with Gasteiger partial charge in [-0.2, -0.15) is 0 Å². The van der Waals surface area contributed by atoms with Gasteiger partial charge in [0, 0.05) is 24.0 Å². The van der Waals surface area contributed by atoms with Crippen LogP contribution in [-0.4, -0.2) is 33.6 Å². The van der Waals surface area contributed by atoms with E-state index in [1.54, 1.807) is 12.4 Å². The largest absolute Gasteiger partial charge is 0.466 e. The number of anilines is 1. The van der Waals surface area contributed by atoms with Crippen LogP contribution in [0.15, 0.2) is 85.2 Å². The van der Waals surface area contributed by atoms with Gasteiger partial charge in [-0.3, -0.25) is 9.78 Å². The minimum atomic E-state index is -0.235. The maximum Gasteiger partial charge on any atom is 0.311 e. The number of allylic oxidation sites excluding steroid dienone is 1. The fourth-order valence-electron chi connectivity index (χ4n) is 5.51. The first-order chi connectivity index (χ1) is 17.2. The van der Waals surface area contributed by atoms with Crippen molar-refractivity contribution in [1.82, 2.24) is 15.0 Å². The summed E-state index contributed by atoms with van der Waals surface area (Å²) in [7, 11) is 0. The molecular formula is C29H26N4O2. The van der Waals surface area contributed by atoms with Crippen LogP contribution in [0, 0.1) is 17.8 Å². The molecular weight excluding hydrogens is 436 g/mol. The van der Waals surface area contributed by atoms with Crippen molar-refractivity contribution in [3.63, 3.8) is 0 Å². The number of esters is 1. The van der Waals surface area contributed by atoms with Crippen LogP contribution in [0.3, 0.4) is 0 Å². The number of carbonyl (C=O) groups is 1. The van der Waals surface area contributed by atoms with Gasteiger partial charge in [-0.25, -0.2) is 9.97 Å². The average molecular weight is 463 g/mol. The molecule has 2 aromatic carbocycles. The minimum Gasteiger partial charge on any atom is -0.466 e. The molecule has 0 saturated heterocycles. The summed E-state index contributed by atoms with van der Waals surface area (Å²) in [6, 6.07) is 20.1. The van der Waals surface area contributed by atoms with Crippen LogP contribution in [0.2, 0.25) is 0 Å². The minimum absolute atomic E-state index is 0.0901. The van der Waals surface area contributed by atoms with Gasteiger partial charge >= 0.3 is 5.97 Å². The zero-order valence-electron chi connectivity index (χ0n) is 19.5. The molecule has 174 valence electrons. The van der Waals surface area contributed by atoms with Gasteiger partial charge in [-0.1, -0.05) is 54.6 Å². The lowest BCUT2D eigenvalue weighted by molar-refractivity contribution is -0.149. The van der Waals surface area contributed by atoms with Crippen LogP contribution in [-0.2, 0) is 9.53 Å². The highest BCUT2D eigenvalue weighted by atomic mass is 16.5. The number of nitrogens with zero attached hydrogens (tertiary/aromatic N) is 3. The first-order valence-electron chi connectivity index (χ1n) is 12.1. The molecule has 0 radical (unpaired) electrons. The maximum atomic E-state index is 12.9. The van der Waals surface area contributed by atoms with Crippen molar-refractivity contribution in [2.75, 3.05) is 11.9 Å². The van der Waals surface area contributed by atoms with Crippen LogP contribution in [0.4, 0.5) is 5.82 Å². The predicted molar refractivity (Wildman–Crippen MR) is 136 cm³/mol. The van der Waals surface area contributed by atoms with E-state index in [0.717, 1.165) is 39.8 Å². The summed E-state index contributed by atoms with van der Waals surface area (Å²) in [5.74, 6) is 1.40. The van der Waals surface area contributed by atoms with Crippen LogP contribution in [0.25, 0.3) is 33.4 Å². The lowest BCUT2D eigenvalue weighted by Crippen LogP contribution is -2.39. The second-order valence-corrected chi connectivity index (χ2v) is 9.10. The number of nitrogens with one attached hydrogen (secondary N) is 1. The highest BCUT2D eigenvalue weighted by molar-refractivity contribution is 6.02. The highest BCUT2D eigenvalue weighted by Gasteiger charge is 2.49. The zero-order chi connectivity index (χ0) is 23.8. The van der Waals surface area contributed by atoms with E-state index in [0.29, 0.717) is 12.4 Å². The van der Waals surface area contributed by atoms with Gasteiger partial charge in [0.05, 0.1) is 23.4 Å². The topological polar surface area (TPSA) is 77.0 Å². The van der Waals surface area contributed by atoms with Crippen molar-refractivity contribution < 1.29 is 9.53 Å². The normalized spacial score (nSPS) is 22.4. The quantitative estimate of drug-likeness (QED) is 0.300. The first-order valence-corrected chi connectivity index (χ1v) is 12.1. The van der Waals surface area contributed by atoms with Gasteiger partial charge in [0.25, 0.3) is 0 Å². The van der Waals surface area contributed by atoms with Gasteiger partial charge in [-0.05, 0) is 54.5 Å². The van der Waals surface area contributed by atoms with E-state index in [2.05, 4.69) is 40.7 Å². The second-order valence-electron chi connectivity index (χ2n) is 9.10. The van der Waals surface area contributed by atoms with Crippen molar-refractivity contribution >= 4 is 22.7 Å². The number of aromatic nitrogens is 3. The van der Waals surface area contributed by atoms with Crippen molar-refractivity contribution in [2.45, 2.75) is 19.4 Å². The second kappa shape index (κ2) is 8.95. The Labute approximate surface area is 204 Å². The summed E-state index contributed by atoms with van der Waals surface area (Å²) in [6.07, 6.45) is 8.85. The molecule has 1 fully saturated rings. The summed E-state index contributed by atoms with van der Waals surface area (Å²) in [5, 5.41) is 4.65. The molecule has 0 spiro atoms. The monoisotopic (exact) mass is 462 g/mol. The van der Waals surface area contributed by atoms with E-state index in [1.165, 1.54) is 0 Å². The van der Waals surface area contributed by atoms with Gasteiger partial charge in [0.1, 0.15) is 5.82 Å². The van der Waals surface area contributed by atoms with Gasteiger partial charge in [-0.15, -0.1) is 0 Å². The summed E-state index contributed by atoms with van der Waals surface area (Å²) in [4.78, 5) is 27.1. The molecule has 6 heteroatoms. The molecule has 2 aromatic heterocycles. The van der Waals surface area contributed by atoms with E-state index in [9.17, 15) is 4.79 Å². The molecule has 2 unspecified atom stereocenters. The summed E-state index contributed by atoms with van der Waals surface area (Å²) in [5.41, 5.74) is 3.83. The van der Waals surface area contributed by atoms with Gasteiger partial charge < -0.3 is 10.1 Å². The molecule has 0 aliphatic heterocycles. The number of pyridine rings is 1. The number of benzene rings is 2. The highest BCUT2D eigenvalue weighted by Crippen LogP contribution is 2.46. The maximum absolute atomic E-state index is 12.9. The number of hydrogen-bond acceptors (Lipinski definition) is 6. The van der Waals surface area contributed by atoms with Crippen molar-refractivity contribution in [1.29, 1.82) is 0 Å². The summed E-state index contributed by atoms with van der Waals surface area (Å²) in [6.45, 7) is 2.23. The Morgan fingerprint density at radius 2 is 1.80 bits per heavy atom. The Morgan fingerprint density at radius 3 is 2.60 bits per heavy atom. The molecule has 2 aliphatic rings. The third-order valence-electron chi connectivity index (χ3n) is 7.05. The van der Waals surface area contributed by atoms with Crippen molar-refractivity contribution in [2.24, 2.45) is 17.8 Å². The zero-order valence-corrected chi connectivity index (χ0v) is 19.5. The van der Waals surface area contributed by atoms with Crippen LogP contribution in [0.5, 0.6) is 0 Å². The Balaban J connectivity index is 1.51. The number of rotatable bonds is 6. The van der Waals surface area contributed by atoms with Gasteiger partial charge in [0.2, 0.25) is 0 Å². The van der Waals surface area contributed by atoms with Crippen LogP contribution in [0.1, 0.15) is 13.3 Å². The van der Waals surface area contributed by atoms with E-state index in [4.69, 9.17) is 14.7 Å². The molecule has 35 heavy (non-hydrogen) atoms. The molecule has 2 aliphatic carbocycles. The Morgan fingerprint density at radius 1 is 0.971 bits per heavy atom. The van der Waals surface area contributed by atoms with E-state index < -0.39 is 0 Å². The molecule has 6 rings (SSSR count). The van der Waals surface area contributed by atoms with E-state index >= 15 is 0 Å². The fourth-order valence-corrected chi connectivity index (χ4v) is 5.51. The average Bonchev–Trinajstić information content (AvgIpc) is 3.51. The standard InChI is InChI=1S/C29H26N4O2/c1-2-35-29(34)24-19-13-14-20(16-19)26(24)32-28-25-22(18-8-4-3-5-9-18)11-6-12-23(25)31-27(33-28)21-10-7-15-30-17-21/h3-15,17,19-20,24,26H,2,16H2,1H3,(H,31,32,33)/t19?,20?,24-,26+/m1/s1. The molecule has 0 amide bonds.